The van der Waals surface area contributed by atoms with E-state index in [1.807, 2.05) is 61.5 Å². The Balaban J connectivity index is 1.49. The molecule has 0 aromatic heterocycles. The molecule has 5 nitrogen and oxygen atoms in total. The van der Waals surface area contributed by atoms with Crippen molar-refractivity contribution in [3.8, 4) is 0 Å². The van der Waals surface area contributed by atoms with Crippen molar-refractivity contribution in [3.63, 3.8) is 0 Å². The van der Waals surface area contributed by atoms with Gasteiger partial charge in [-0.05, 0) is 56.1 Å². The van der Waals surface area contributed by atoms with Crippen LogP contribution in [0.25, 0.3) is 0 Å². The molecule has 2 aromatic rings. The quantitative estimate of drug-likeness (QED) is 0.660. The first kappa shape index (κ1) is 22.4. The molecule has 0 radical (unpaired) electrons. The molecule has 3 atom stereocenters. The van der Waals surface area contributed by atoms with Gasteiger partial charge in [-0.2, -0.15) is 0 Å². The van der Waals surface area contributed by atoms with Crippen LogP contribution in [-0.4, -0.2) is 48.9 Å². The number of carbonyl (C=O) groups is 1. The van der Waals surface area contributed by atoms with Crippen LogP contribution in [0.5, 0.6) is 0 Å². The highest BCUT2D eigenvalue weighted by Crippen LogP contribution is 2.25. The van der Waals surface area contributed by atoms with Crippen molar-refractivity contribution >= 4 is 5.91 Å². The highest BCUT2D eigenvalue weighted by molar-refractivity contribution is 5.83. The second-order valence-electron chi connectivity index (χ2n) is 8.11. The van der Waals surface area contributed by atoms with Gasteiger partial charge < -0.3 is 4.90 Å². The average Bonchev–Trinajstić information content (AvgIpc) is 3.23. The lowest BCUT2D eigenvalue weighted by Crippen LogP contribution is -2.40. The predicted molar refractivity (Wildman–Crippen MR) is 118 cm³/mol. The highest BCUT2D eigenvalue weighted by atomic mass is 19.1. The van der Waals surface area contributed by atoms with Crippen LogP contribution in [0.2, 0.25) is 0 Å². The smallest absolute Gasteiger partial charge is 0.244 e. The van der Waals surface area contributed by atoms with Crippen LogP contribution in [-0.2, 0) is 4.79 Å². The zero-order valence-electron chi connectivity index (χ0n) is 18.1. The molecule has 1 fully saturated rings. The van der Waals surface area contributed by atoms with Gasteiger partial charge in [0, 0.05) is 25.7 Å². The molecule has 30 heavy (non-hydrogen) atoms. The Hall–Kier alpha value is -2.28. The van der Waals surface area contributed by atoms with Crippen LogP contribution >= 0.6 is 0 Å². The largest absolute Gasteiger partial charge is 0.344 e. The summed E-state index contributed by atoms with van der Waals surface area (Å²) in [5.41, 5.74) is 8.77. The summed E-state index contributed by atoms with van der Waals surface area (Å²) in [4.78, 5) is 17.1. The summed E-state index contributed by atoms with van der Waals surface area (Å²) >= 11 is 0. The second kappa shape index (κ2) is 10.7. The third kappa shape index (κ3) is 5.65. The minimum atomic E-state index is -0.254. The van der Waals surface area contributed by atoms with Crippen LogP contribution in [0.1, 0.15) is 49.4 Å². The van der Waals surface area contributed by atoms with Crippen LogP contribution in [0.15, 0.2) is 54.6 Å². The lowest BCUT2D eigenvalue weighted by molar-refractivity contribution is -0.135. The number of carbonyl (C=O) groups excluding carboxylic acids is 1. The summed E-state index contributed by atoms with van der Waals surface area (Å²) in [7, 11) is 3.89. The fourth-order valence-corrected chi connectivity index (χ4v) is 4.02. The summed E-state index contributed by atoms with van der Waals surface area (Å²) in [6.45, 7) is 3.60. The molecule has 162 valence electrons. The van der Waals surface area contributed by atoms with Crippen molar-refractivity contribution in [1.82, 2.24) is 20.7 Å². The lowest BCUT2D eigenvalue weighted by Gasteiger charge is -2.30. The molecule has 2 N–H and O–H groups in total. The Morgan fingerprint density at radius 2 is 1.80 bits per heavy atom. The Morgan fingerprint density at radius 3 is 2.47 bits per heavy atom. The van der Waals surface area contributed by atoms with Crippen LogP contribution < -0.4 is 10.9 Å². The third-order valence-electron chi connectivity index (χ3n) is 5.97. The van der Waals surface area contributed by atoms with E-state index in [1.165, 1.54) is 12.1 Å². The van der Waals surface area contributed by atoms with Gasteiger partial charge >= 0.3 is 0 Å². The van der Waals surface area contributed by atoms with Crippen molar-refractivity contribution in [2.45, 2.75) is 44.3 Å². The molecule has 6 heteroatoms. The van der Waals surface area contributed by atoms with Gasteiger partial charge in [-0.15, -0.1) is 0 Å². The minimum Gasteiger partial charge on any atom is -0.344 e. The first-order valence-corrected chi connectivity index (χ1v) is 10.8. The fourth-order valence-electron chi connectivity index (χ4n) is 4.02. The number of likely N-dealkylation sites (N-methyl/N-ethyl adjacent to an activating group) is 2. The van der Waals surface area contributed by atoms with E-state index in [9.17, 15) is 9.18 Å². The minimum absolute atomic E-state index is 0.132. The first-order valence-electron chi connectivity index (χ1n) is 10.8. The van der Waals surface area contributed by atoms with Crippen molar-refractivity contribution in [1.29, 1.82) is 0 Å². The molecule has 1 heterocycles. The zero-order valence-corrected chi connectivity index (χ0v) is 18.1. The molecular weight excluding hydrogens is 379 g/mol. The molecule has 3 unspecified atom stereocenters. The second-order valence-corrected chi connectivity index (χ2v) is 8.11. The average molecular weight is 413 g/mol. The summed E-state index contributed by atoms with van der Waals surface area (Å²) in [5.74, 6) is -0.0799. The van der Waals surface area contributed by atoms with Gasteiger partial charge in [0.15, 0.2) is 0 Å². The number of halogens is 1. The Morgan fingerprint density at radius 1 is 1.10 bits per heavy atom. The van der Waals surface area contributed by atoms with Gasteiger partial charge in [-0.25, -0.2) is 4.39 Å². The van der Waals surface area contributed by atoms with Crippen LogP contribution in [0.3, 0.4) is 0 Å². The molecule has 0 aliphatic carbocycles. The molecular formula is C24H33FN4O. The lowest BCUT2D eigenvalue weighted by atomic mass is 9.99. The fraction of sp³-hybridized carbons (Fsp3) is 0.458. The molecule has 1 amide bonds. The van der Waals surface area contributed by atoms with Gasteiger partial charge in [0.25, 0.3) is 0 Å². The van der Waals surface area contributed by atoms with E-state index in [4.69, 9.17) is 0 Å². The molecule has 2 aromatic carbocycles. The molecule has 1 aliphatic heterocycles. The van der Waals surface area contributed by atoms with Gasteiger partial charge in [0.05, 0.1) is 0 Å². The highest BCUT2D eigenvalue weighted by Gasteiger charge is 2.28. The number of nitrogens with zero attached hydrogens (tertiary/aromatic N) is 2. The summed E-state index contributed by atoms with van der Waals surface area (Å²) in [6, 6.07) is 16.9. The van der Waals surface area contributed by atoms with E-state index in [0.717, 1.165) is 43.5 Å². The van der Waals surface area contributed by atoms with E-state index in [1.54, 1.807) is 0 Å². The zero-order chi connectivity index (χ0) is 21.5. The number of nitrogens with one attached hydrogen (secondary N) is 2. The number of benzene rings is 2. The molecule has 1 saturated heterocycles. The summed E-state index contributed by atoms with van der Waals surface area (Å²) in [6.07, 6.45) is 2.85. The monoisotopic (exact) mass is 412 g/mol. The maximum absolute atomic E-state index is 13.2. The van der Waals surface area contributed by atoms with E-state index in [2.05, 4.69) is 22.7 Å². The van der Waals surface area contributed by atoms with Gasteiger partial charge in [-0.1, -0.05) is 49.4 Å². The van der Waals surface area contributed by atoms with Crippen molar-refractivity contribution < 1.29 is 9.18 Å². The van der Waals surface area contributed by atoms with E-state index in [-0.39, 0.29) is 23.8 Å². The maximum Gasteiger partial charge on any atom is 0.244 e. The normalized spacial score (nSPS) is 19.8. The third-order valence-corrected chi connectivity index (χ3v) is 5.97. The topological polar surface area (TPSA) is 47.6 Å². The van der Waals surface area contributed by atoms with Crippen LogP contribution in [0, 0.1) is 5.82 Å². The number of amides is 1. The van der Waals surface area contributed by atoms with E-state index >= 15 is 0 Å². The predicted octanol–water partition coefficient (Wildman–Crippen LogP) is 3.66. The Kier molecular flexibility index (Phi) is 7.96. The van der Waals surface area contributed by atoms with Crippen molar-refractivity contribution in [2.24, 2.45) is 0 Å². The van der Waals surface area contributed by atoms with Crippen molar-refractivity contribution in [2.75, 3.05) is 27.2 Å². The molecule has 0 spiro atoms. The van der Waals surface area contributed by atoms with Gasteiger partial charge in [0.1, 0.15) is 11.9 Å². The van der Waals surface area contributed by atoms with E-state index < -0.39 is 0 Å². The number of hydrazine groups is 1. The van der Waals surface area contributed by atoms with Crippen molar-refractivity contribution in [3.05, 3.63) is 71.5 Å². The first-order chi connectivity index (χ1) is 14.5. The number of hydrogen-bond donors (Lipinski definition) is 2. The number of rotatable bonds is 9. The van der Waals surface area contributed by atoms with Gasteiger partial charge in [0.2, 0.25) is 5.91 Å². The van der Waals surface area contributed by atoms with Crippen LogP contribution in [0.4, 0.5) is 4.39 Å². The number of hydrogen-bond acceptors (Lipinski definition) is 4. The maximum atomic E-state index is 13.2. The van der Waals surface area contributed by atoms with E-state index in [0.29, 0.717) is 6.04 Å². The summed E-state index contributed by atoms with van der Waals surface area (Å²) < 4.78 is 13.1. The summed E-state index contributed by atoms with van der Waals surface area (Å²) in [5, 5.41) is 0. The molecule has 0 saturated carbocycles. The standard InChI is InChI=1S/C24H33FN4O/c1-4-28(2)23(19-9-6-5-7-10-19)24(30)29(3)16-8-11-21-17-22(27-26-21)18-12-14-20(25)15-13-18/h5-7,9-10,12-15,21-23,26-27H,4,8,11,16-17H2,1-3H3. The Labute approximate surface area is 179 Å². The molecule has 0 bridgehead atoms. The Bertz CT molecular complexity index is 799. The van der Waals surface area contributed by atoms with Gasteiger partial charge in [-0.3, -0.25) is 20.5 Å². The SMILES string of the molecule is CCN(C)C(C(=O)N(C)CCCC1CC(c2ccc(F)cc2)NN1)c1ccccc1. The molecule has 1 aliphatic rings. The molecule has 3 rings (SSSR count).